The first-order valence-electron chi connectivity index (χ1n) is 9.23. The summed E-state index contributed by atoms with van der Waals surface area (Å²) < 4.78 is 0. The van der Waals surface area contributed by atoms with E-state index in [-0.39, 0.29) is 0 Å². The molecule has 2 rings (SSSR count). The second-order valence-corrected chi connectivity index (χ2v) is 7.36. The van der Waals surface area contributed by atoms with Crippen molar-refractivity contribution in [2.75, 3.05) is 0 Å². The van der Waals surface area contributed by atoms with Crippen LogP contribution in [0.1, 0.15) is 63.4 Å². The predicted molar refractivity (Wildman–Crippen MR) is 113 cm³/mol. The van der Waals surface area contributed by atoms with Gasteiger partial charge in [0.1, 0.15) is 0 Å². The van der Waals surface area contributed by atoms with E-state index in [1.54, 1.807) is 0 Å². The van der Waals surface area contributed by atoms with Gasteiger partial charge in [0.2, 0.25) is 0 Å². The van der Waals surface area contributed by atoms with Crippen LogP contribution in [0.5, 0.6) is 0 Å². The topological polar surface area (TPSA) is 0 Å². The molecule has 2 aromatic carbocycles. The second kappa shape index (κ2) is 7.44. The Bertz CT molecular complexity index is 860. The van der Waals surface area contributed by atoms with Crippen LogP contribution in [-0.4, -0.2) is 0 Å². The van der Waals surface area contributed by atoms with Crippen LogP contribution in [0.2, 0.25) is 0 Å². The van der Waals surface area contributed by atoms with Crippen LogP contribution in [0.4, 0.5) is 0 Å². The molecule has 0 N–H and O–H groups in total. The largest absolute Gasteiger partial charge is 0.0909 e. The lowest BCUT2D eigenvalue weighted by molar-refractivity contribution is 1.15. The minimum absolute atomic E-state index is 0.983. The van der Waals surface area contributed by atoms with E-state index in [0.29, 0.717) is 0 Å². The van der Waals surface area contributed by atoms with Gasteiger partial charge in [0.05, 0.1) is 0 Å². The summed E-state index contributed by atoms with van der Waals surface area (Å²) in [6, 6.07) is 6.74. The molecule has 2 aromatic rings. The Morgan fingerprint density at radius 1 is 0.800 bits per heavy atom. The van der Waals surface area contributed by atoms with Crippen molar-refractivity contribution in [3.8, 4) is 0 Å². The van der Waals surface area contributed by atoms with E-state index in [4.69, 9.17) is 0 Å². The molecular formula is C25H32. The van der Waals surface area contributed by atoms with Crippen LogP contribution in [0.15, 0.2) is 30.4 Å². The van der Waals surface area contributed by atoms with Crippen molar-refractivity contribution in [3.63, 3.8) is 0 Å². The Hall–Kier alpha value is -2.08. The lowest BCUT2D eigenvalue weighted by Crippen LogP contribution is -2.00. The molecule has 0 saturated carbocycles. The second-order valence-electron chi connectivity index (χ2n) is 7.36. The Morgan fingerprint density at radius 2 is 1.40 bits per heavy atom. The van der Waals surface area contributed by atoms with Crippen LogP contribution >= 0.6 is 0 Å². The predicted octanol–water partition coefficient (Wildman–Crippen LogP) is 7.35. The first-order chi connectivity index (χ1) is 11.7. The van der Waals surface area contributed by atoms with Crippen molar-refractivity contribution in [3.05, 3.63) is 80.4 Å². The van der Waals surface area contributed by atoms with Gasteiger partial charge in [0.25, 0.3) is 0 Å². The van der Waals surface area contributed by atoms with Crippen molar-refractivity contribution in [1.29, 1.82) is 0 Å². The third-order valence-electron chi connectivity index (χ3n) is 5.86. The molecule has 25 heavy (non-hydrogen) atoms. The molecule has 0 bridgehead atoms. The standard InChI is InChI=1S/C25H32/c1-10-23(14-24-12-11-15(2)18(5)20(24)7)22(9)25-17(4)13-16(3)19(6)21(25)8/h11-14H,9-10H2,1-8H3. The fourth-order valence-corrected chi connectivity index (χ4v) is 3.63. The summed E-state index contributed by atoms with van der Waals surface area (Å²) in [5.41, 5.74) is 14.6. The minimum Gasteiger partial charge on any atom is -0.0909 e. The summed E-state index contributed by atoms with van der Waals surface area (Å²) in [4.78, 5) is 0. The molecule has 0 amide bonds. The lowest BCUT2D eigenvalue weighted by Gasteiger charge is -2.19. The molecule has 0 heteroatoms. The molecular weight excluding hydrogens is 300 g/mol. The maximum absolute atomic E-state index is 4.49. The van der Waals surface area contributed by atoms with Gasteiger partial charge in [-0.1, -0.05) is 37.8 Å². The molecule has 132 valence electrons. The fourth-order valence-electron chi connectivity index (χ4n) is 3.63. The Labute approximate surface area is 154 Å². The van der Waals surface area contributed by atoms with E-state index in [2.05, 4.69) is 86.2 Å². The molecule has 0 spiro atoms. The van der Waals surface area contributed by atoms with Gasteiger partial charge in [-0.15, -0.1) is 0 Å². The highest BCUT2D eigenvalue weighted by Crippen LogP contribution is 2.33. The van der Waals surface area contributed by atoms with E-state index in [1.165, 1.54) is 61.2 Å². The van der Waals surface area contributed by atoms with Crippen molar-refractivity contribution in [1.82, 2.24) is 0 Å². The van der Waals surface area contributed by atoms with E-state index < -0.39 is 0 Å². The number of aryl methyl sites for hydroxylation is 3. The normalized spacial score (nSPS) is 11.8. The van der Waals surface area contributed by atoms with Crippen LogP contribution < -0.4 is 0 Å². The van der Waals surface area contributed by atoms with Crippen molar-refractivity contribution >= 4 is 11.6 Å². The zero-order valence-corrected chi connectivity index (χ0v) is 17.2. The Kier molecular flexibility index (Phi) is 5.72. The van der Waals surface area contributed by atoms with Crippen molar-refractivity contribution in [2.24, 2.45) is 0 Å². The van der Waals surface area contributed by atoms with Gasteiger partial charge < -0.3 is 0 Å². The SMILES string of the molecule is C=C(C(=Cc1ccc(C)c(C)c1C)CC)c1c(C)cc(C)c(C)c1C. The molecule has 0 unspecified atom stereocenters. The Morgan fingerprint density at radius 3 is 2.00 bits per heavy atom. The molecule has 0 radical (unpaired) electrons. The molecule has 0 aromatic heterocycles. The average Bonchev–Trinajstić information content (AvgIpc) is 2.57. The summed E-state index contributed by atoms with van der Waals surface area (Å²) in [5, 5.41) is 0. The molecule has 0 nitrogen and oxygen atoms in total. The van der Waals surface area contributed by atoms with Gasteiger partial charge in [-0.25, -0.2) is 0 Å². The summed E-state index contributed by atoms with van der Waals surface area (Å²) in [5.74, 6) is 0. The van der Waals surface area contributed by atoms with Crippen LogP contribution in [0.25, 0.3) is 11.6 Å². The van der Waals surface area contributed by atoms with Gasteiger partial charge >= 0.3 is 0 Å². The number of allylic oxidation sites excluding steroid dienone is 2. The van der Waals surface area contributed by atoms with Crippen LogP contribution in [0, 0.1) is 48.5 Å². The van der Waals surface area contributed by atoms with E-state index in [9.17, 15) is 0 Å². The highest BCUT2D eigenvalue weighted by molar-refractivity contribution is 5.86. The van der Waals surface area contributed by atoms with Crippen molar-refractivity contribution < 1.29 is 0 Å². The zero-order chi connectivity index (χ0) is 18.9. The van der Waals surface area contributed by atoms with Gasteiger partial charge in [0.15, 0.2) is 0 Å². The monoisotopic (exact) mass is 332 g/mol. The molecule has 0 atom stereocenters. The Balaban J connectivity index is 2.58. The fraction of sp³-hybridized carbons (Fsp3) is 0.360. The van der Waals surface area contributed by atoms with E-state index in [1.807, 2.05) is 0 Å². The first-order valence-corrected chi connectivity index (χ1v) is 9.23. The molecule has 0 heterocycles. The third-order valence-corrected chi connectivity index (χ3v) is 5.86. The summed E-state index contributed by atoms with van der Waals surface area (Å²) in [6.07, 6.45) is 3.31. The number of hydrogen-bond donors (Lipinski definition) is 0. The van der Waals surface area contributed by atoms with Crippen LogP contribution in [-0.2, 0) is 0 Å². The number of hydrogen-bond acceptors (Lipinski definition) is 0. The highest BCUT2D eigenvalue weighted by atomic mass is 14.2. The van der Waals surface area contributed by atoms with Gasteiger partial charge in [-0.3, -0.25) is 0 Å². The summed E-state index contributed by atoms with van der Waals surface area (Å²) in [6.45, 7) is 22.1. The van der Waals surface area contributed by atoms with Gasteiger partial charge in [-0.2, -0.15) is 0 Å². The molecule has 0 fully saturated rings. The first kappa shape index (κ1) is 19.2. The smallest absolute Gasteiger partial charge is 0.0126 e. The average molecular weight is 333 g/mol. The maximum atomic E-state index is 4.49. The summed E-state index contributed by atoms with van der Waals surface area (Å²) in [7, 11) is 0. The molecule has 0 aliphatic rings. The number of rotatable bonds is 4. The lowest BCUT2D eigenvalue weighted by atomic mass is 9.85. The van der Waals surface area contributed by atoms with Crippen LogP contribution in [0.3, 0.4) is 0 Å². The maximum Gasteiger partial charge on any atom is -0.0126 e. The van der Waals surface area contributed by atoms with Gasteiger partial charge in [0, 0.05) is 0 Å². The zero-order valence-electron chi connectivity index (χ0n) is 17.2. The van der Waals surface area contributed by atoms with Gasteiger partial charge in [-0.05, 0) is 116 Å². The summed E-state index contributed by atoms with van der Waals surface area (Å²) >= 11 is 0. The highest BCUT2D eigenvalue weighted by Gasteiger charge is 2.14. The van der Waals surface area contributed by atoms with Crippen molar-refractivity contribution in [2.45, 2.75) is 61.8 Å². The van der Waals surface area contributed by atoms with E-state index in [0.717, 1.165) is 6.42 Å². The quantitative estimate of drug-likeness (QED) is 0.513. The molecule has 0 aliphatic carbocycles. The minimum atomic E-state index is 0.983. The molecule has 0 aliphatic heterocycles. The molecule has 0 saturated heterocycles. The third kappa shape index (κ3) is 3.63. The van der Waals surface area contributed by atoms with E-state index >= 15 is 0 Å². The number of benzene rings is 2.